The van der Waals surface area contributed by atoms with Crippen LogP contribution in [0.25, 0.3) is 5.57 Å². The zero-order valence-electron chi connectivity index (χ0n) is 23.0. The van der Waals surface area contributed by atoms with Crippen LogP contribution in [0, 0.1) is 5.41 Å². The summed E-state index contributed by atoms with van der Waals surface area (Å²) >= 11 is 0. The van der Waals surface area contributed by atoms with E-state index in [-0.39, 0.29) is 11.4 Å². The van der Waals surface area contributed by atoms with E-state index in [4.69, 9.17) is 9.47 Å². The number of aliphatic hydroxyl groups is 1. The van der Waals surface area contributed by atoms with Gasteiger partial charge < -0.3 is 19.1 Å². The van der Waals surface area contributed by atoms with E-state index >= 15 is 0 Å². The van der Waals surface area contributed by atoms with E-state index in [2.05, 4.69) is 4.98 Å². The molecule has 1 aliphatic rings. The van der Waals surface area contributed by atoms with Crippen LogP contribution in [-0.4, -0.2) is 39.3 Å². The minimum Gasteiger partial charge on any atom is -0.427 e. The molecule has 0 spiro atoms. The van der Waals surface area contributed by atoms with E-state index in [1.807, 2.05) is 55.4 Å². The van der Waals surface area contributed by atoms with Crippen LogP contribution in [0.4, 0.5) is 0 Å². The number of imidazole rings is 1. The molecular weight excluding hydrogens is 484 g/mol. The van der Waals surface area contributed by atoms with Gasteiger partial charge in [0, 0.05) is 25.0 Å². The highest BCUT2D eigenvalue weighted by molar-refractivity contribution is 5.90. The van der Waals surface area contributed by atoms with Gasteiger partial charge in [-0.2, -0.15) is 0 Å². The van der Waals surface area contributed by atoms with Crippen LogP contribution in [-0.2, 0) is 37.6 Å². The van der Waals surface area contributed by atoms with Crippen molar-refractivity contribution in [1.82, 2.24) is 9.55 Å². The highest BCUT2D eigenvalue weighted by atomic mass is 16.7. The van der Waals surface area contributed by atoms with Gasteiger partial charge in [-0.15, -0.1) is 0 Å². The average molecular weight is 521 g/mol. The summed E-state index contributed by atoms with van der Waals surface area (Å²) in [4.78, 5) is 41.3. The Morgan fingerprint density at radius 3 is 2.37 bits per heavy atom. The fourth-order valence-electron chi connectivity index (χ4n) is 4.04. The van der Waals surface area contributed by atoms with E-state index < -0.39 is 29.7 Å². The lowest BCUT2D eigenvalue weighted by molar-refractivity contribution is -0.161. The summed E-state index contributed by atoms with van der Waals surface area (Å²) in [5, 5.41) is 10.8. The molecule has 0 aliphatic heterocycles. The second-order valence-corrected chi connectivity index (χ2v) is 10.8. The molecule has 0 amide bonds. The molecule has 0 atom stereocenters. The number of aryl methyl sites for hydroxylation is 1. The highest BCUT2D eigenvalue weighted by Crippen LogP contribution is 2.29. The molecule has 1 aromatic carbocycles. The Balaban J connectivity index is 1.94. The first-order chi connectivity index (χ1) is 17.9. The van der Waals surface area contributed by atoms with Crippen molar-refractivity contribution < 1.29 is 29.0 Å². The molecule has 0 fully saturated rings. The van der Waals surface area contributed by atoms with E-state index in [0.717, 1.165) is 23.1 Å². The summed E-state index contributed by atoms with van der Waals surface area (Å²) in [7, 11) is 0. The number of rotatable bonds is 9. The second kappa shape index (κ2) is 11.8. The van der Waals surface area contributed by atoms with Gasteiger partial charge in [0.05, 0.1) is 5.41 Å². The number of hydrogen-bond donors (Lipinski definition) is 1. The van der Waals surface area contributed by atoms with Crippen LogP contribution in [0.2, 0.25) is 0 Å². The van der Waals surface area contributed by atoms with Crippen LogP contribution in [0.1, 0.15) is 87.5 Å². The molecule has 0 bridgehead atoms. The fraction of sp³-hybridized carbons (Fsp3) is 0.433. The number of aromatic nitrogens is 2. The van der Waals surface area contributed by atoms with Crippen LogP contribution >= 0.6 is 0 Å². The largest absolute Gasteiger partial charge is 0.427 e. The first-order valence-corrected chi connectivity index (χ1v) is 12.7. The molecular formula is C30H36N2O6. The summed E-state index contributed by atoms with van der Waals surface area (Å²) in [6.45, 7) is 10.0. The van der Waals surface area contributed by atoms with Gasteiger partial charge in [0.1, 0.15) is 23.1 Å². The van der Waals surface area contributed by atoms with Crippen molar-refractivity contribution in [1.29, 1.82) is 0 Å². The van der Waals surface area contributed by atoms with Crippen LogP contribution in [0.15, 0.2) is 48.1 Å². The molecule has 3 rings (SSSR count). The Kier molecular flexibility index (Phi) is 8.92. The van der Waals surface area contributed by atoms with Crippen molar-refractivity contribution in [3.05, 3.63) is 76.4 Å². The number of carbonyl (C=O) groups excluding carboxylic acids is 3. The Labute approximate surface area is 223 Å². The van der Waals surface area contributed by atoms with Crippen molar-refractivity contribution in [3.63, 3.8) is 0 Å². The van der Waals surface area contributed by atoms with Crippen molar-refractivity contribution in [2.75, 3.05) is 6.79 Å². The predicted octanol–water partition coefficient (Wildman–Crippen LogP) is 4.92. The lowest BCUT2D eigenvalue weighted by Crippen LogP contribution is -2.27. The fourth-order valence-corrected chi connectivity index (χ4v) is 4.04. The van der Waals surface area contributed by atoms with Crippen molar-refractivity contribution in [2.45, 2.75) is 73.0 Å². The molecule has 1 aromatic heterocycles. The smallest absolute Gasteiger partial charge is 0.359 e. The third-order valence-electron chi connectivity index (χ3n) is 6.06. The first-order valence-electron chi connectivity index (χ1n) is 12.7. The summed E-state index contributed by atoms with van der Waals surface area (Å²) in [5.74, 6) is 1.43. The van der Waals surface area contributed by atoms with Gasteiger partial charge in [0.25, 0.3) is 0 Å². The molecule has 202 valence electrons. The third kappa shape index (κ3) is 6.77. The molecule has 0 unspecified atom stereocenters. The lowest BCUT2D eigenvalue weighted by atomic mass is 9.92. The van der Waals surface area contributed by atoms with Gasteiger partial charge in [-0.05, 0) is 57.7 Å². The third-order valence-corrected chi connectivity index (χ3v) is 6.06. The summed E-state index contributed by atoms with van der Waals surface area (Å²) in [6, 6.07) is 7.71. The topological polar surface area (TPSA) is 108 Å². The number of carbonyl (C=O) groups is 2. The van der Waals surface area contributed by atoms with Gasteiger partial charge in [0.2, 0.25) is 6.79 Å². The SMILES string of the molecule is CCCc1nc(C(C)(C)O)c(C(=O)OCOC(=O)C(C)(C)C)n1Cc1ccc(C2=CC=CCC2=C=O)cc1. The molecule has 2 aromatic rings. The second-order valence-electron chi connectivity index (χ2n) is 10.8. The molecule has 8 heteroatoms. The maximum Gasteiger partial charge on any atom is 0.359 e. The Bertz CT molecular complexity index is 1290. The lowest BCUT2D eigenvalue weighted by Gasteiger charge is -2.19. The summed E-state index contributed by atoms with van der Waals surface area (Å²) < 4.78 is 12.2. The molecule has 0 saturated carbocycles. The average Bonchev–Trinajstić information content (AvgIpc) is 3.22. The van der Waals surface area contributed by atoms with Crippen LogP contribution in [0.3, 0.4) is 0 Å². The number of allylic oxidation sites excluding steroid dienone is 5. The molecule has 1 aliphatic carbocycles. The van der Waals surface area contributed by atoms with Gasteiger partial charge in [0.15, 0.2) is 5.69 Å². The van der Waals surface area contributed by atoms with Gasteiger partial charge in [-0.25, -0.2) is 14.6 Å². The molecule has 0 saturated heterocycles. The van der Waals surface area contributed by atoms with Gasteiger partial charge in [-0.1, -0.05) is 49.4 Å². The van der Waals surface area contributed by atoms with Crippen molar-refractivity contribution in [3.8, 4) is 0 Å². The maximum atomic E-state index is 13.3. The van der Waals surface area contributed by atoms with E-state index in [1.165, 1.54) is 0 Å². The normalized spacial score (nSPS) is 13.7. The number of hydrogen-bond acceptors (Lipinski definition) is 7. The zero-order valence-corrected chi connectivity index (χ0v) is 23.0. The first kappa shape index (κ1) is 28.8. The molecule has 1 heterocycles. The van der Waals surface area contributed by atoms with Gasteiger partial charge >= 0.3 is 11.9 Å². The van der Waals surface area contributed by atoms with Crippen LogP contribution in [0.5, 0.6) is 0 Å². The molecule has 1 N–H and O–H groups in total. The molecule has 8 nitrogen and oxygen atoms in total. The van der Waals surface area contributed by atoms with E-state index in [1.54, 1.807) is 39.2 Å². The Hall–Kier alpha value is -3.74. The molecule has 0 radical (unpaired) electrons. The number of ether oxygens (including phenoxy) is 2. The van der Waals surface area contributed by atoms with E-state index in [9.17, 15) is 19.5 Å². The highest BCUT2D eigenvalue weighted by Gasteiger charge is 2.33. The maximum absolute atomic E-state index is 13.3. The standard InChI is InChI=1S/C30H36N2O6/c1-7-10-24-31-26(30(5,6)36)25(27(34)37-19-38-28(35)29(2,3)4)32(24)17-20-13-15-21(16-14-20)23-12-9-8-11-22(23)18-33/h8-9,12-16,36H,7,10-11,17,19H2,1-6H3. The van der Waals surface area contributed by atoms with Crippen molar-refractivity contribution in [2.24, 2.45) is 5.41 Å². The number of nitrogens with zero attached hydrogens (tertiary/aromatic N) is 2. The minimum atomic E-state index is -1.41. The Morgan fingerprint density at radius 1 is 1.11 bits per heavy atom. The summed E-state index contributed by atoms with van der Waals surface area (Å²) in [5.41, 5.74) is 1.39. The zero-order chi connectivity index (χ0) is 28.1. The van der Waals surface area contributed by atoms with Crippen LogP contribution < -0.4 is 0 Å². The summed E-state index contributed by atoms with van der Waals surface area (Å²) in [6.07, 6.45) is 7.63. The minimum absolute atomic E-state index is 0.114. The number of benzene rings is 1. The van der Waals surface area contributed by atoms with E-state index in [0.29, 0.717) is 30.8 Å². The van der Waals surface area contributed by atoms with Gasteiger partial charge in [-0.3, -0.25) is 4.79 Å². The van der Waals surface area contributed by atoms with Crippen molar-refractivity contribution >= 4 is 23.5 Å². The Morgan fingerprint density at radius 2 is 1.79 bits per heavy atom. The number of esters is 2. The molecule has 38 heavy (non-hydrogen) atoms. The predicted molar refractivity (Wildman–Crippen MR) is 144 cm³/mol. The monoisotopic (exact) mass is 520 g/mol. The quantitative estimate of drug-likeness (QED) is 0.284.